The maximum Gasteiger partial charge on any atom is 0.501 e. The maximum absolute atomic E-state index is 12.8. The van der Waals surface area contributed by atoms with Crippen molar-refractivity contribution < 1.29 is 52.7 Å². The minimum Gasteiger partial charge on any atom is -0.366 e. The van der Waals surface area contributed by atoms with E-state index < -0.39 is 67.3 Å². The number of hydrogen-bond donors (Lipinski definition) is 1. The molecule has 0 aliphatic rings. The van der Waals surface area contributed by atoms with E-state index in [2.05, 4.69) is 5.73 Å². The van der Waals surface area contributed by atoms with Gasteiger partial charge in [-0.3, -0.25) is 4.79 Å². The summed E-state index contributed by atoms with van der Waals surface area (Å²) in [7, 11) is -7.04. The number of primary amides is 1. The van der Waals surface area contributed by atoms with E-state index in [0.717, 1.165) is 0 Å². The van der Waals surface area contributed by atoms with Crippen LogP contribution in [0.25, 0.3) is 0 Å². The Kier molecular flexibility index (Phi) is 4.62. The number of nitrogens with two attached hydrogens (primary N) is 1. The summed E-state index contributed by atoms with van der Waals surface area (Å²) in [4.78, 5) is 7.79. The smallest absolute Gasteiger partial charge is 0.366 e. The number of carbonyl (C=O) groups is 1. The van der Waals surface area contributed by atoms with E-state index in [0.29, 0.717) is 0 Å². The first-order valence-electron chi connectivity index (χ1n) is 5.34. The third kappa shape index (κ3) is 3.57. The highest BCUT2D eigenvalue weighted by molar-refractivity contribution is 7.92. The molecule has 24 heavy (non-hydrogen) atoms. The first-order valence-corrected chi connectivity index (χ1v) is 6.82. The van der Waals surface area contributed by atoms with Gasteiger partial charge in [0.25, 0.3) is 9.84 Å². The fourth-order valence-electron chi connectivity index (χ4n) is 1.60. The Labute approximate surface area is 127 Å². The van der Waals surface area contributed by atoms with Gasteiger partial charge in [0, 0.05) is 5.56 Å². The van der Waals surface area contributed by atoms with E-state index >= 15 is 0 Å². The Bertz CT molecular complexity index is 739. The summed E-state index contributed by atoms with van der Waals surface area (Å²) in [6.45, 7) is 0. The normalized spacial score (nSPS) is 13.9. The molecular formula is C10H4F9NO3S. The van der Waals surface area contributed by atoms with Crippen molar-refractivity contribution in [1.82, 2.24) is 0 Å². The van der Waals surface area contributed by atoms with E-state index in [1.165, 1.54) is 0 Å². The monoisotopic (exact) mass is 389 g/mol. The van der Waals surface area contributed by atoms with Crippen LogP contribution in [0.15, 0.2) is 17.0 Å². The van der Waals surface area contributed by atoms with Gasteiger partial charge in [-0.05, 0) is 12.1 Å². The second-order valence-electron chi connectivity index (χ2n) is 4.21. The standard InChI is InChI=1S/C10H4F9NO3S/c11-8(12,13)4-1-3(7(20)21)2-5(9(14,15)16)6(4)24(22,23)10(17,18)19/h1-2H,(H2,20,21). The zero-order chi connectivity index (χ0) is 19.3. The van der Waals surface area contributed by atoms with Gasteiger partial charge in [-0.15, -0.1) is 0 Å². The minimum atomic E-state index is -7.04. The fourth-order valence-corrected chi connectivity index (χ4v) is 2.76. The molecule has 1 aromatic carbocycles. The van der Waals surface area contributed by atoms with Gasteiger partial charge in [-0.1, -0.05) is 0 Å². The molecule has 136 valence electrons. The second kappa shape index (κ2) is 5.53. The maximum atomic E-state index is 12.8. The summed E-state index contributed by atoms with van der Waals surface area (Å²) in [6, 6.07) is -0.980. The van der Waals surface area contributed by atoms with Gasteiger partial charge in [-0.2, -0.15) is 39.5 Å². The number of sulfone groups is 1. The van der Waals surface area contributed by atoms with Crippen molar-refractivity contribution in [3.05, 3.63) is 28.8 Å². The topological polar surface area (TPSA) is 77.2 Å². The first kappa shape index (κ1) is 20.1. The lowest BCUT2D eigenvalue weighted by atomic mass is 10.0. The number of amides is 1. The van der Waals surface area contributed by atoms with Gasteiger partial charge in [0.1, 0.15) is 4.90 Å². The molecule has 0 atom stereocenters. The van der Waals surface area contributed by atoms with E-state index in [4.69, 9.17) is 0 Å². The van der Waals surface area contributed by atoms with Crippen molar-refractivity contribution in [1.29, 1.82) is 0 Å². The highest BCUT2D eigenvalue weighted by Gasteiger charge is 2.55. The van der Waals surface area contributed by atoms with Crippen molar-refractivity contribution >= 4 is 15.7 Å². The van der Waals surface area contributed by atoms with Crippen molar-refractivity contribution in [2.45, 2.75) is 22.8 Å². The van der Waals surface area contributed by atoms with E-state index in [1.807, 2.05) is 0 Å². The lowest BCUT2D eigenvalue weighted by Crippen LogP contribution is -2.30. The summed E-state index contributed by atoms with van der Waals surface area (Å²) in [5, 5.41) is 0. The number of alkyl halides is 9. The van der Waals surface area contributed by atoms with Crippen LogP contribution < -0.4 is 5.73 Å². The van der Waals surface area contributed by atoms with Gasteiger partial charge in [0.05, 0.1) is 11.1 Å². The van der Waals surface area contributed by atoms with Gasteiger partial charge < -0.3 is 5.73 Å². The summed E-state index contributed by atoms with van der Waals surface area (Å²) in [5.74, 6) is -1.83. The van der Waals surface area contributed by atoms with Gasteiger partial charge in [-0.25, -0.2) is 8.42 Å². The van der Waals surface area contributed by atoms with Crippen LogP contribution in [0, 0.1) is 0 Å². The van der Waals surface area contributed by atoms with Crippen LogP contribution in [0.1, 0.15) is 21.5 Å². The average molecular weight is 389 g/mol. The first-order chi connectivity index (χ1) is 10.4. The summed E-state index contributed by atoms with van der Waals surface area (Å²) >= 11 is 0. The third-order valence-electron chi connectivity index (χ3n) is 2.56. The minimum absolute atomic E-state index is 0.490. The Balaban J connectivity index is 4.16. The van der Waals surface area contributed by atoms with Crippen LogP contribution in [0.5, 0.6) is 0 Å². The van der Waals surface area contributed by atoms with Crippen LogP contribution in [0.4, 0.5) is 39.5 Å². The summed E-state index contributed by atoms with van der Waals surface area (Å²) in [5.41, 5.74) is -8.97. The quantitative estimate of drug-likeness (QED) is 0.790. The predicted molar refractivity (Wildman–Crippen MR) is 58.2 cm³/mol. The predicted octanol–water partition coefficient (Wildman–Crippen LogP) is 3.12. The number of benzene rings is 1. The van der Waals surface area contributed by atoms with E-state index in [9.17, 15) is 52.7 Å². The molecule has 0 aromatic heterocycles. The summed E-state index contributed by atoms with van der Waals surface area (Å²) < 4.78 is 137. The highest BCUT2D eigenvalue weighted by Crippen LogP contribution is 2.46. The third-order valence-corrected chi connectivity index (χ3v) is 4.14. The molecule has 0 bridgehead atoms. The number of carbonyl (C=O) groups excluding carboxylic acids is 1. The van der Waals surface area contributed by atoms with Crippen LogP contribution >= 0.6 is 0 Å². The summed E-state index contributed by atoms with van der Waals surface area (Å²) in [6.07, 6.45) is -11.9. The zero-order valence-electron chi connectivity index (χ0n) is 10.8. The number of hydrogen-bond acceptors (Lipinski definition) is 3. The number of halogens is 9. The number of rotatable bonds is 2. The van der Waals surface area contributed by atoms with Crippen molar-refractivity contribution in [2.24, 2.45) is 5.73 Å². The SMILES string of the molecule is NC(=O)c1cc(C(F)(F)F)c(S(=O)(=O)C(F)(F)F)c(C(F)(F)F)c1. The molecular weight excluding hydrogens is 385 g/mol. The van der Waals surface area contributed by atoms with Crippen molar-refractivity contribution in [3.63, 3.8) is 0 Å². The van der Waals surface area contributed by atoms with Gasteiger partial charge in [0.15, 0.2) is 0 Å². The fraction of sp³-hybridized carbons (Fsp3) is 0.300. The molecule has 1 aromatic rings. The lowest BCUT2D eigenvalue weighted by Gasteiger charge is -2.20. The molecule has 0 fully saturated rings. The highest BCUT2D eigenvalue weighted by atomic mass is 32.2. The average Bonchev–Trinajstić information content (AvgIpc) is 2.33. The van der Waals surface area contributed by atoms with Crippen molar-refractivity contribution in [3.8, 4) is 0 Å². The van der Waals surface area contributed by atoms with Gasteiger partial charge >= 0.3 is 17.9 Å². The molecule has 0 spiro atoms. The molecule has 2 N–H and O–H groups in total. The molecule has 0 aliphatic carbocycles. The largest absolute Gasteiger partial charge is 0.501 e. The Morgan fingerprint density at radius 1 is 0.833 bits per heavy atom. The molecule has 0 heterocycles. The molecule has 14 heteroatoms. The van der Waals surface area contributed by atoms with Crippen LogP contribution in [0.2, 0.25) is 0 Å². The Morgan fingerprint density at radius 3 is 1.38 bits per heavy atom. The molecule has 1 amide bonds. The molecule has 1 rings (SSSR count). The Hall–Kier alpha value is -1.99. The molecule has 0 unspecified atom stereocenters. The zero-order valence-corrected chi connectivity index (χ0v) is 11.6. The van der Waals surface area contributed by atoms with Crippen LogP contribution in [0.3, 0.4) is 0 Å². The molecule has 0 saturated heterocycles. The lowest BCUT2D eigenvalue weighted by molar-refractivity contribution is -0.147. The van der Waals surface area contributed by atoms with E-state index in [-0.39, 0.29) is 0 Å². The van der Waals surface area contributed by atoms with Gasteiger partial charge in [0.2, 0.25) is 5.91 Å². The van der Waals surface area contributed by atoms with Crippen LogP contribution in [-0.4, -0.2) is 19.8 Å². The molecule has 4 nitrogen and oxygen atoms in total. The Morgan fingerprint density at radius 2 is 1.17 bits per heavy atom. The molecule has 0 saturated carbocycles. The molecule has 0 radical (unpaired) electrons. The second-order valence-corrected chi connectivity index (χ2v) is 6.09. The van der Waals surface area contributed by atoms with Crippen LogP contribution in [-0.2, 0) is 22.2 Å². The van der Waals surface area contributed by atoms with E-state index in [1.54, 1.807) is 0 Å². The van der Waals surface area contributed by atoms with Crippen molar-refractivity contribution in [2.75, 3.05) is 0 Å². The molecule has 0 aliphatic heterocycles.